The second kappa shape index (κ2) is 7.05. The van der Waals surface area contributed by atoms with Crippen LogP contribution < -0.4 is 5.73 Å². The van der Waals surface area contributed by atoms with Gasteiger partial charge < -0.3 is 5.73 Å². The van der Waals surface area contributed by atoms with Gasteiger partial charge in [-0.05, 0) is 75.9 Å². The highest BCUT2D eigenvalue weighted by Gasteiger charge is 2.16. The van der Waals surface area contributed by atoms with E-state index in [0.717, 1.165) is 17.3 Å². The molecule has 106 valence electrons. The number of rotatable bonds is 4. The smallest absolute Gasteiger partial charge is 0.0565 e. The lowest BCUT2D eigenvalue weighted by molar-refractivity contribution is 0.839. The Bertz CT molecular complexity index is 610. The number of halogens is 2. The van der Waals surface area contributed by atoms with Gasteiger partial charge in [0.2, 0.25) is 0 Å². The van der Waals surface area contributed by atoms with Gasteiger partial charge in [-0.1, -0.05) is 48.0 Å². The van der Waals surface area contributed by atoms with Crippen LogP contribution in [0.25, 0.3) is 0 Å². The molecule has 2 rings (SSSR count). The van der Waals surface area contributed by atoms with Gasteiger partial charge in [-0.2, -0.15) is 0 Å². The molecule has 1 nitrogen and oxygen atoms in total. The predicted molar refractivity (Wildman–Crippen MR) is 98.1 cm³/mol. The van der Waals surface area contributed by atoms with Crippen molar-refractivity contribution in [3.8, 4) is 0 Å². The summed E-state index contributed by atoms with van der Waals surface area (Å²) in [4.78, 5) is 0. The van der Waals surface area contributed by atoms with Crippen molar-refractivity contribution < 1.29 is 0 Å². The zero-order valence-corrected chi connectivity index (χ0v) is 15.5. The van der Waals surface area contributed by atoms with Crippen LogP contribution in [0.5, 0.6) is 0 Å². The molecule has 0 spiro atoms. The maximum absolute atomic E-state index is 6.56. The first-order chi connectivity index (χ1) is 9.56. The second-order valence-corrected chi connectivity index (χ2v) is 6.96. The summed E-state index contributed by atoms with van der Waals surface area (Å²) in [5.74, 6) is 0. The zero-order chi connectivity index (χ0) is 14.7. The lowest BCUT2D eigenvalue weighted by atomic mass is 9.92. The fourth-order valence-corrected chi connectivity index (χ4v) is 3.45. The summed E-state index contributed by atoms with van der Waals surface area (Å²) in [5, 5.41) is 0. The van der Waals surface area contributed by atoms with Crippen molar-refractivity contribution in [1.82, 2.24) is 0 Å². The van der Waals surface area contributed by atoms with Crippen LogP contribution in [0.15, 0.2) is 40.9 Å². The number of benzene rings is 2. The summed E-state index contributed by atoms with van der Waals surface area (Å²) < 4.78 is 2.29. The van der Waals surface area contributed by atoms with E-state index >= 15 is 0 Å². The topological polar surface area (TPSA) is 26.0 Å². The maximum atomic E-state index is 6.56. The fourth-order valence-electron chi connectivity index (χ4n) is 2.40. The van der Waals surface area contributed by atoms with Gasteiger partial charge in [0, 0.05) is 8.04 Å². The molecule has 0 fully saturated rings. The Morgan fingerprint density at radius 1 is 1.05 bits per heavy atom. The first-order valence-corrected chi connectivity index (χ1v) is 8.76. The Hall–Kier alpha value is -0.390. The van der Waals surface area contributed by atoms with Gasteiger partial charge in [0.15, 0.2) is 0 Å². The van der Waals surface area contributed by atoms with Crippen molar-refractivity contribution in [3.63, 3.8) is 0 Å². The van der Waals surface area contributed by atoms with Gasteiger partial charge in [0.05, 0.1) is 6.04 Å². The Morgan fingerprint density at radius 3 is 2.45 bits per heavy atom. The Kier molecular flexibility index (Phi) is 5.64. The highest BCUT2D eigenvalue weighted by molar-refractivity contribution is 14.1. The molecule has 2 aromatic carbocycles. The van der Waals surface area contributed by atoms with E-state index in [1.54, 1.807) is 0 Å². The molecular weight excluding hydrogens is 425 g/mol. The normalized spacial score (nSPS) is 12.4. The van der Waals surface area contributed by atoms with Gasteiger partial charge in [-0.3, -0.25) is 0 Å². The minimum atomic E-state index is -0.0687. The van der Waals surface area contributed by atoms with Crippen molar-refractivity contribution >= 4 is 38.5 Å². The van der Waals surface area contributed by atoms with E-state index in [2.05, 4.69) is 88.8 Å². The van der Waals surface area contributed by atoms with Crippen LogP contribution in [-0.4, -0.2) is 0 Å². The van der Waals surface area contributed by atoms with Gasteiger partial charge in [0.25, 0.3) is 0 Å². The molecule has 0 bridgehead atoms. The van der Waals surface area contributed by atoms with Gasteiger partial charge in [0.1, 0.15) is 0 Å². The van der Waals surface area contributed by atoms with Crippen LogP contribution in [-0.2, 0) is 12.8 Å². The summed E-state index contributed by atoms with van der Waals surface area (Å²) in [6.07, 6.45) is 2.05. The minimum Gasteiger partial charge on any atom is -0.320 e. The molecule has 20 heavy (non-hydrogen) atoms. The Labute approximate surface area is 143 Å². The lowest BCUT2D eigenvalue weighted by Crippen LogP contribution is -2.16. The molecule has 0 aliphatic carbocycles. The largest absolute Gasteiger partial charge is 0.320 e. The minimum absolute atomic E-state index is 0.0687. The molecule has 2 N–H and O–H groups in total. The molecule has 2 aromatic rings. The van der Waals surface area contributed by atoms with Gasteiger partial charge in [-0.25, -0.2) is 0 Å². The van der Waals surface area contributed by atoms with Crippen LogP contribution in [0.2, 0.25) is 0 Å². The number of nitrogens with two attached hydrogens (primary N) is 1. The Morgan fingerprint density at radius 2 is 1.80 bits per heavy atom. The molecule has 0 aliphatic heterocycles. The SMILES string of the molecule is CCc1ccc(CC)c(C(N)c2cc(Br)ccc2I)c1. The van der Waals surface area contributed by atoms with Gasteiger partial charge >= 0.3 is 0 Å². The average Bonchev–Trinajstić information content (AvgIpc) is 2.48. The molecule has 0 radical (unpaired) electrons. The van der Waals surface area contributed by atoms with E-state index in [0.29, 0.717) is 0 Å². The van der Waals surface area contributed by atoms with E-state index in [4.69, 9.17) is 5.73 Å². The van der Waals surface area contributed by atoms with E-state index in [1.165, 1.54) is 25.8 Å². The van der Waals surface area contributed by atoms with E-state index in [9.17, 15) is 0 Å². The Balaban J connectivity index is 2.51. The van der Waals surface area contributed by atoms with Crippen LogP contribution in [0.4, 0.5) is 0 Å². The van der Waals surface area contributed by atoms with Crippen molar-refractivity contribution in [1.29, 1.82) is 0 Å². The van der Waals surface area contributed by atoms with E-state index in [1.807, 2.05) is 0 Å². The van der Waals surface area contributed by atoms with Crippen LogP contribution >= 0.6 is 38.5 Å². The third-order valence-corrected chi connectivity index (χ3v) is 5.10. The highest BCUT2D eigenvalue weighted by atomic mass is 127. The van der Waals surface area contributed by atoms with Gasteiger partial charge in [-0.15, -0.1) is 0 Å². The van der Waals surface area contributed by atoms with Crippen molar-refractivity contribution in [2.45, 2.75) is 32.7 Å². The first kappa shape index (κ1) is 16.0. The molecule has 0 amide bonds. The van der Waals surface area contributed by atoms with Crippen molar-refractivity contribution in [2.75, 3.05) is 0 Å². The fraction of sp³-hybridized carbons (Fsp3) is 0.294. The molecule has 0 aromatic heterocycles. The highest BCUT2D eigenvalue weighted by Crippen LogP contribution is 2.30. The van der Waals surface area contributed by atoms with Crippen LogP contribution in [0.3, 0.4) is 0 Å². The molecule has 3 heteroatoms. The summed E-state index contributed by atoms with van der Waals surface area (Å²) in [5.41, 5.74) is 11.7. The third-order valence-electron chi connectivity index (χ3n) is 3.63. The van der Waals surface area contributed by atoms with Crippen LogP contribution in [0, 0.1) is 3.57 Å². The summed E-state index contributed by atoms with van der Waals surface area (Å²) in [7, 11) is 0. The second-order valence-electron chi connectivity index (χ2n) is 4.88. The first-order valence-electron chi connectivity index (χ1n) is 6.89. The molecule has 1 atom stereocenters. The van der Waals surface area contributed by atoms with Crippen molar-refractivity contribution in [3.05, 3.63) is 66.7 Å². The quantitative estimate of drug-likeness (QED) is 0.643. The van der Waals surface area contributed by atoms with E-state index in [-0.39, 0.29) is 6.04 Å². The number of aryl methyl sites for hydroxylation is 2. The molecule has 0 heterocycles. The standard InChI is InChI=1S/C17H19BrIN/c1-3-11-5-6-12(4-2)14(9-11)17(20)15-10-13(18)7-8-16(15)19/h5-10,17H,3-4,20H2,1-2H3. The lowest BCUT2D eigenvalue weighted by Gasteiger charge is -2.19. The van der Waals surface area contributed by atoms with E-state index < -0.39 is 0 Å². The third kappa shape index (κ3) is 3.43. The molecule has 1 unspecified atom stereocenters. The average molecular weight is 444 g/mol. The predicted octanol–water partition coefficient (Wildman–Crippen LogP) is 5.23. The van der Waals surface area contributed by atoms with Crippen LogP contribution in [0.1, 0.15) is 42.1 Å². The summed E-state index contributed by atoms with van der Waals surface area (Å²) >= 11 is 5.90. The summed E-state index contributed by atoms with van der Waals surface area (Å²) in [6.45, 7) is 4.36. The molecule has 0 saturated carbocycles. The summed E-state index contributed by atoms with van der Waals surface area (Å²) in [6, 6.07) is 12.9. The monoisotopic (exact) mass is 443 g/mol. The molecule has 0 aliphatic rings. The van der Waals surface area contributed by atoms with Crippen molar-refractivity contribution in [2.24, 2.45) is 5.73 Å². The number of hydrogen-bond donors (Lipinski definition) is 1. The molecule has 0 saturated heterocycles. The molecular formula is C17H19BrIN. The maximum Gasteiger partial charge on any atom is 0.0565 e. The zero-order valence-electron chi connectivity index (χ0n) is 11.8. The number of hydrogen-bond acceptors (Lipinski definition) is 1.